The zero-order chi connectivity index (χ0) is 19.2. The van der Waals surface area contributed by atoms with Crippen molar-refractivity contribution in [2.24, 2.45) is 11.8 Å². The Kier molecular flexibility index (Phi) is 3.43. The highest BCUT2D eigenvalue weighted by molar-refractivity contribution is 14.1. The van der Waals surface area contributed by atoms with Gasteiger partial charge in [-0.2, -0.15) is 5.26 Å². The number of ether oxygens (including phenoxy) is 1. The number of benzene rings is 1. The van der Waals surface area contributed by atoms with Gasteiger partial charge in [-0.25, -0.2) is 9.29 Å². The van der Waals surface area contributed by atoms with E-state index in [-0.39, 0.29) is 5.69 Å². The van der Waals surface area contributed by atoms with Gasteiger partial charge in [-0.05, 0) is 54.6 Å². The minimum atomic E-state index is -2.88. The van der Waals surface area contributed by atoms with Gasteiger partial charge in [0.1, 0.15) is 17.3 Å². The average Bonchev–Trinajstić information content (AvgIpc) is 3.04. The molecule has 3 fully saturated rings. The molecule has 0 saturated carbocycles. The van der Waals surface area contributed by atoms with Crippen LogP contribution in [-0.4, -0.2) is 45.2 Å². The molecular formula is C17H14FIN2O5. The van der Waals surface area contributed by atoms with Crippen molar-refractivity contribution in [2.45, 2.75) is 37.0 Å². The van der Waals surface area contributed by atoms with Crippen molar-refractivity contribution < 1.29 is 28.9 Å². The van der Waals surface area contributed by atoms with E-state index in [4.69, 9.17) is 10.00 Å². The van der Waals surface area contributed by atoms with Gasteiger partial charge in [-0.3, -0.25) is 9.59 Å². The van der Waals surface area contributed by atoms with Crippen LogP contribution in [0.25, 0.3) is 0 Å². The molecule has 4 rings (SSSR count). The van der Waals surface area contributed by atoms with Crippen LogP contribution in [0.4, 0.5) is 10.1 Å². The Morgan fingerprint density at radius 1 is 1.27 bits per heavy atom. The molecule has 0 aliphatic carbocycles. The lowest BCUT2D eigenvalue weighted by atomic mass is 9.65. The van der Waals surface area contributed by atoms with E-state index < -0.39 is 46.8 Å². The van der Waals surface area contributed by atoms with Gasteiger partial charge in [0.2, 0.25) is 17.6 Å². The van der Waals surface area contributed by atoms with Crippen molar-refractivity contribution in [2.75, 3.05) is 4.90 Å². The van der Waals surface area contributed by atoms with Crippen molar-refractivity contribution in [1.29, 1.82) is 5.26 Å². The van der Waals surface area contributed by atoms with Gasteiger partial charge in [0.05, 0.1) is 23.1 Å². The number of amides is 2. The van der Waals surface area contributed by atoms with Crippen LogP contribution in [0.15, 0.2) is 18.2 Å². The van der Waals surface area contributed by atoms with E-state index in [1.807, 2.05) is 28.7 Å². The van der Waals surface area contributed by atoms with E-state index in [0.717, 1.165) is 4.90 Å². The molecule has 136 valence electrons. The van der Waals surface area contributed by atoms with Crippen LogP contribution < -0.4 is 4.90 Å². The van der Waals surface area contributed by atoms with E-state index in [2.05, 4.69) is 0 Å². The summed E-state index contributed by atoms with van der Waals surface area (Å²) in [5.41, 5.74) is -3.11. The van der Waals surface area contributed by atoms with Gasteiger partial charge < -0.3 is 14.9 Å². The SMILES string of the molecule is C[C@]12O[C@](C)([C@H]3C(=O)N(c4ccc(C#N)c(I)c4)C(=O)[C@@H]31)C(O)(O)[C@H]2F. The molecule has 5 atom stereocenters. The van der Waals surface area contributed by atoms with Crippen molar-refractivity contribution in [3.8, 4) is 6.07 Å². The number of anilines is 1. The highest BCUT2D eigenvalue weighted by Gasteiger charge is 2.85. The maximum absolute atomic E-state index is 14.7. The molecule has 0 aromatic heterocycles. The third-order valence-corrected chi connectivity index (χ3v) is 6.76. The number of carbonyl (C=O) groups is 2. The number of hydrogen-bond donors (Lipinski definition) is 2. The molecule has 2 N–H and O–H groups in total. The summed E-state index contributed by atoms with van der Waals surface area (Å²) in [7, 11) is 0. The van der Waals surface area contributed by atoms with Crippen molar-refractivity contribution >= 4 is 40.1 Å². The summed E-state index contributed by atoms with van der Waals surface area (Å²) in [6.45, 7) is 2.53. The number of nitrogens with zero attached hydrogens (tertiary/aromatic N) is 2. The predicted octanol–water partition coefficient (Wildman–Crippen LogP) is 0.849. The first-order valence-electron chi connectivity index (χ1n) is 7.87. The first-order chi connectivity index (χ1) is 12.0. The smallest absolute Gasteiger partial charge is 0.240 e. The van der Waals surface area contributed by atoms with E-state index in [0.29, 0.717) is 9.13 Å². The maximum Gasteiger partial charge on any atom is 0.240 e. The van der Waals surface area contributed by atoms with Crippen molar-refractivity contribution in [3.63, 3.8) is 0 Å². The zero-order valence-corrected chi connectivity index (χ0v) is 15.9. The molecule has 1 aromatic carbocycles. The summed E-state index contributed by atoms with van der Waals surface area (Å²) < 4.78 is 20.8. The van der Waals surface area contributed by atoms with Gasteiger partial charge in [0.25, 0.3) is 0 Å². The van der Waals surface area contributed by atoms with Gasteiger partial charge in [0.15, 0.2) is 6.17 Å². The van der Waals surface area contributed by atoms with E-state index in [1.54, 1.807) is 0 Å². The lowest BCUT2D eigenvalue weighted by Gasteiger charge is -2.40. The molecule has 0 spiro atoms. The third-order valence-electron chi connectivity index (χ3n) is 5.87. The molecule has 1 aromatic rings. The van der Waals surface area contributed by atoms with Crippen LogP contribution in [0.1, 0.15) is 19.4 Å². The van der Waals surface area contributed by atoms with E-state index in [1.165, 1.54) is 32.0 Å². The highest BCUT2D eigenvalue weighted by Crippen LogP contribution is 2.64. The Morgan fingerprint density at radius 3 is 2.46 bits per heavy atom. The Hall–Kier alpha value is -1.61. The van der Waals surface area contributed by atoms with Crippen LogP contribution in [0.5, 0.6) is 0 Å². The third kappa shape index (κ3) is 1.76. The summed E-state index contributed by atoms with van der Waals surface area (Å²) >= 11 is 1.92. The first kappa shape index (κ1) is 17.8. The van der Waals surface area contributed by atoms with Crippen LogP contribution in [0.2, 0.25) is 0 Å². The number of alkyl halides is 1. The minimum absolute atomic E-state index is 0.251. The lowest BCUT2D eigenvalue weighted by Crippen LogP contribution is -2.64. The highest BCUT2D eigenvalue weighted by atomic mass is 127. The molecule has 3 heterocycles. The van der Waals surface area contributed by atoms with Gasteiger partial charge in [-0.15, -0.1) is 0 Å². The van der Waals surface area contributed by atoms with E-state index >= 15 is 0 Å². The average molecular weight is 472 g/mol. The summed E-state index contributed by atoms with van der Waals surface area (Å²) in [4.78, 5) is 26.9. The zero-order valence-electron chi connectivity index (χ0n) is 13.7. The number of aliphatic hydroxyl groups is 2. The predicted molar refractivity (Wildman–Crippen MR) is 93.3 cm³/mol. The summed E-state index contributed by atoms with van der Waals surface area (Å²) in [5, 5.41) is 29.5. The molecule has 3 saturated heterocycles. The number of fused-ring (bicyclic) bond motifs is 5. The largest absolute Gasteiger partial charge is 0.361 e. The molecule has 2 amide bonds. The van der Waals surface area contributed by atoms with Gasteiger partial charge in [-0.1, -0.05) is 0 Å². The number of hydrogen-bond acceptors (Lipinski definition) is 6. The van der Waals surface area contributed by atoms with Crippen molar-refractivity contribution in [3.05, 3.63) is 27.3 Å². The number of rotatable bonds is 1. The number of nitriles is 1. The molecule has 0 radical (unpaired) electrons. The van der Waals surface area contributed by atoms with Gasteiger partial charge >= 0.3 is 0 Å². The quantitative estimate of drug-likeness (QED) is 0.356. The molecule has 9 heteroatoms. The minimum Gasteiger partial charge on any atom is -0.361 e. The summed E-state index contributed by atoms with van der Waals surface area (Å²) in [6.07, 6.45) is -2.24. The second-order valence-corrected chi connectivity index (χ2v) is 8.39. The summed E-state index contributed by atoms with van der Waals surface area (Å²) in [6, 6.07) is 6.46. The second kappa shape index (κ2) is 5.01. The van der Waals surface area contributed by atoms with Crippen LogP contribution in [-0.2, 0) is 14.3 Å². The molecule has 0 unspecified atom stereocenters. The fraction of sp³-hybridized carbons (Fsp3) is 0.471. The molecule has 2 bridgehead atoms. The molecule has 3 aliphatic heterocycles. The monoisotopic (exact) mass is 472 g/mol. The maximum atomic E-state index is 14.7. The molecule has 26 heavy (non-hydrogen) atoms. The fourth-order valence-corrected chi connectivity index (χ4v) is 5.16. The Bertz CT molecular complexity index is 915. The Morgan fingerprint density at radius 2 is 1.88 bits per heavy atom. The number of halogens is 2. The fourth-order valence-electron chi connectivity index (χ4n) is 4.54. The second-order valence-electron chi connectivity index (χ2n) is 7.22. The van der Waals surface area contributed by atoms with Crippen LogP contribution >= 0.6 is 22.6 Å². The molecule has 3 aliphatic rings. The number of carbonyl (C=O) groups excluding carboxylic acids is 2. The molecular weight excluding hydrogens is 458 g/mol. The van der Waals surface area contributed by atoms with Crippen LogP contribution in [0, 0.1) is 26.7 Å². The van der Waals surface area contributed by atoms with Crippen molar-refractivity contribution in [1.82, 2.24) is 0 Å². The Labute approximate surface area is 161 Å². The van der Waals surface area contributed by atoms with Gasteiger partial charge in [0, 0.05) is 3.57 Å². The molecule has 7 nitrogen and oxygen atoms in total. The summed E-state index contributed by atoms with van der Waals surface area (Å²) in [5.74, 6) is -6.57. The normalized spacial score (nSPS) is 40.0. The standard InChI is InChI=1S/C17H14FIN2O5/c1-15-10-11(16(2,26-15)17(24,25)14(15)18)13(23)21(12(10)22)8-4-3-7(6-20)9(19)5-8/h3-5,10-11,14,24-25H,1-2H3/t10-,11-,14+,15+,16-/m1/s1. The number of imide groups is 1. The Balaban J connectivity index is 1.83. The van der Waals surface area contributed by atoms with Crippen LogP contribution in [0.3, 0.4) is 0 Å². The first-order valence-corrected chi connectivity index (χ1v) is 8.95. The lowest BCUT2D eigenvalue weighted by molar-refractivity contribution is -0.266. The topological polar surface area (TPSA) is 111 Å². The van der Waals surface area contributed by atoms with E-state index in [9.17, 15) is 24.2 Å².